The molecule has 3 aromatic rings. The molecular weight excluding hydrogens is 210 g/mol. The standard InChI is InChI=1S/C15H13NO/c1-2-16-13(9-10-17)12-7-3-5-11-6-4-8-14(16)15(11)12/h3-10H,2H2,1H3/b13-9-. The van der Waals surface area contributed by atoms with Crippen LogP contribution in [0.1, 0.15) is 6.92 Å². The predicted octanol–water partition coefficient (Wildman–Crippen LogP) is 2.51. The lowest BCUT2D eigenvalue weighted by Crippen LogP contribution is -2.15. The summed E-state index contributed by atoms with van der Waals surface area (Å²) in [5.74, 6) is 0. The SMILES string of the molecule is CCn1/c(=C\C=O)c2cccc3cccc1c32. The first-order chi connectivity index (χ1) is 8.36. The molecular formula is C15H13NO. The molecule has 0 unspecified atom stereocenters. The molecule has 1 heterocycles. The summed E-state index contributed by atoms with van der Waals surface area (Å²) in [6.45, 7) is 2.97. The van der Waals surface area contributed by atoms with E-state index in [0.717, 1.165) is 23.6 Å². The smallest absolute Gasteiger partial charge is 0.144 e. The van der Waals surface area contributed by atoms with Crippen LogP contribution in [0.25, 0.3) is 27.8 Å². The van der Waals surface area contributed by atoms with Crippen molar-refractivity contribution in [2.75, 3.05) is 0 Å². The summed E-state index contributed by atoms with van der Waals surface area (Å²) in [5, 5.41) is 4.65. The second-order valence-corrected chi connectivity index (χ2v) is 4.11. The largest absolute Gasteiger partial charge is 0.341 e. The molecule has 0 spiro atoms. The van der Waals surface area contributed by atoms with Crippen molar-refractivity contribution in [3.8, 4) is 0 Å². The highest BCUT2D eigenvalue weighted by Crippen LogP contribution is 2.25. The van der Waals surface area contributed by atoms with Crippen molar-refractivity contribution in [1.82, 2.24) is 4.57 Å². The maximum Gasteiger partial charge on any atom is 0.144 e. The van der Waals surface area contributed by atoms with Crippen molar-refractivity contribution in [3.05, 3.63) is 41.7 Å². The van der Waals surface area contributed by atoms with Crippen LogP contribution in [0.2, 0.25) is 0 Å². The normalized spacial score (nSPS) is 12.6. The monoisotopic (exact) mass is 223 g/mol. The number of benzene rings is 2. The zero-order valence-corrected chi connectivity index (χ0v) is 9.68. The maximum absolute atomic E-state index is 10.8. The van der Waals surface area contributed by atoms with E-state index in [1.54, 1.807) is 6.08 Å². The number of aryl methyl sites for hydroxylation is 1. The van der Waals surface area contributed by atoms with E-state index < -0.39 is 0 Å². The summed E-state index contributed by atoms with van der Waals surface area (Å²) in [6.07, 6.45) is 2.51. The van der Waals surface area contributed by atoms with Gasteiger partial charge in [0.1, 0.15) is 6.29 Å². The van der Waals surface area contributed by atoms with Crippen LogP contribution in [-0.4, -0.2) is 10.9 Å². The van der Waals surface area contributed by atoms with Gasteiger partial charge in [-0.1, -0.05) is 30.3 Å². The molecule has 0 aliphatic rings. The minimum absolute atomic E-state index is 0.864. The molecule has 17 heavy (non-hydrogen) atoms. The van der Waals surface area contributed by atoms with Crippen LogP contribution in [0.5, 0.6) is 0 Å². The molecule has 0 N–H and O–H groups in total. The Balaban J connectivity index is 2.68. The third-order valence-corrected chi connectivity index (χ3v) is 3.28. The number of hydrogen-bond donors (Lipinski definition) is 0. The van der Waals surface area contributed by atoms with Crippen LogP contribution in [-0.2, 0) is 11.3 Å². The van der Waals surface area contributed by atoms with E-state index in [9.17, 15) is 4.79 Å². The Morgan fingerprint density at radius 3 is 2.65 bits per heavy atom. The van der Waals surface area contributed by atoms with Gasteiger partial charge in [-0.15, -0.1) is 0 Å². The molecule has 0 radical (unpaired) electrons. The third-order valence-electron chi connectivity index (χ3n) is 3.28. The van der Waals surface area contributed by atoms with E-state index in [0.29, 0.717) is 0 Å². The fourth-order valence-electron chi connectivity index (χ4n) is 2.62. The highest BCUT2D eigenvalue weighted by atomic mass is 16.1. The van der Waals surface area contributed by atoms with Gasteiger partial charge in [0.25, 0.3) is 0 Å². The Hall–Kier alpha value is -2.09. The molecule has 3 rings (SSSR count). The summed E-state index contributed by atoms with van der Waals surface area (Å²) < 4.78 is 2.19. The van der Waals surface area contributed by atoms with Crippen LogP contribution < -0.4 is 5.35 Å². The lowest BCUT2D eigenvalue weighted by atomic mass is 10.1. The van der Waals surface area contributed by atoms with Gasteiger partial charge in [-0.25, -0.2) is 0 Å². The first kappa shape index (κ1) is 10.1. The molecule has 0 aliphatic carbocycles. The first-order valence-electron chi connectivity index (χ1n) is 5.82. The maximum atomic E-state index is 10.8. The molecule has 0 aliphatic heterocycles. The van der Waals surface area contributed by atoms with Gasteiger partial charge in [-0.2, -0.15) is 0 Å². The van der Waals surface area contributed by atoms with Crippen molar-refractivity contribution in [1.29, 1.82) is 0 Å². The van der Waals surface area contributed by atoms with Crippen molar-refractivity contribution in [2.45, 2.75) is 13.5 Å². The number of carbonyl (C=O) groups excluding carboxylic acids is 1. The Labute approximate surface area is 99.1 Å². The zero-order chi connectivity index (χ0) is 11.8. The Morgan fingerprint density at radius 1 is 1.18 bits per heavy atom. The molecule has 2 aromatic carbocycles. The lowest BCUT2D eigenvalue weighted by Gasteiger charge is -2.01. The Bertz CT molecular complexity index is 747. The van der Waals surface area contributed by atoms with Gasteiger partial charge in [0.2, 0.25) is 0 Å². The van der Waals surface area contributed by atoms with Gasteiger partial charge in [0, 0.05) is 28.9 Å². The van der Waals surface area contributed by atoms with Crippen LogP contribution in [0.3, 0.4) is 0 Å². The molecule has 2 nitrogen and oxygen atoms in total. The molecule has 0 amide bonds. The quantitative estimate of drug-likeness (QED) is 0.612. The highest BCUT2D eigenvalue weighted by molar-refractivity contribution is 6.11. The van der Waals surface area contributed by atoms with Crippen molar-refractivity contribution in [2.24, 2.45) is 0 Å². The summed E-state index contributed by atoms with van der Waals surface area (Å²) in [6, 6.07) is 12.5. The average Bonchev–Trinajstić information content (AvgIpc) is 2.67. The van der Waals surface area contributed by atoms with Gasteiger partial charge in [-0.05, 0) is 18.4 Å². The summed E-state index contributed by atoms with van der Waals surface area (Å²) >= 11 is 0. The highest BCUT2D eigenvalue weighted by Gasteiger charge is 2.09. The van der Waals surface area contributed by atoms with Gasteiger partial charge in [-0.3, -0.25) is 4.79 Å². The van der Waals surface area contributed by atoms with Gasteiger partial charge in [0.05, 0.1) is 5.35 Å². The molecule has 0 atom stereocenters. The van der Waals surface area contributed by atoms with E-state index in [4.69, 9.17) is 0 Å². The second-order valence-electron chi connectivity index (χ2n) is 4.11. The molecule has 1 aromatic heterocycles. The van der Waals surface area contributed by atoms with Gasteiger partial charge in [0.15, 0.2) is 0 Å². The number of carbonyl (C=O) groups is 1. The molecule has 2 heteroatoms. The first-order valence-corrected chi connectivity index (χ1v) is 5.82. The van der Waals surface area contributed by atoms with Crippen LogP contribution in [0.15, 0.2) is 36.4 Å². The number of aromatic nitrogens is 1. The van der Waals surface area contributed by atoms with E-state index in [1.165, 1.54) is 16.3 Å². The van der Waals surface area contributed by atoms with E-state index in [-0.39, 0.29) is 0 Å². The van der Waals surface area contributed by atoms with Gasteiger partial charge < -0.3 is 4.57 Å². The Kier molecular flexibility index (Phi) is 2.22. The fraction of sp³-hybridized carbons (Fsp3) is 0.133. The van der Waals surface area contributed by atoms with Crippen molar-refractivity contribution < 1.29 is 4.79 Å². The topological polar surface area (TPSA) is 22.0 Å². The van der Waals surface area contributed by atoms with Crippen molar-refractivity contribution in [3.63, 3.8) is 0 Å². The predicted molar refractivity (Wildman–Crippen MR) is 70.9 cm³/mol. The minimum atomic E-state index is 0.864. The second kappa shape index (κ2) is 3.74. The van der Waals surface area contributed by atoms with Crippen LogP contribution in [0.4, 0.5) is 0 Å². The number of hydrogen-bond acceptors (Lipinski definition) is 1. The van der Waals surface area contributed by atoms with E-state index in [1.807, 2.05) is 6.07 Å². The molecule has 0 saturated carbocycles. The third kappa shape index (κ3) is 1.30. The van der Waals surface area contributed by atoms with Crippen LogP contribution >= 0.6 is 0 Å². The average molecular weight is 223 g/mol. The minimum Gasteiger partial charge on any atom is -0.341 e. The molecule has 84 valence electrons. The summed E-state index contributed by atoms with van der Waals surface area (Å²) in [5.41, 5.74) is 1.20. The summed E-state index contributed by atoms with van der Waals surface area (Å²) in [7, 11) is 0. The van der Waals surface area contributed by atoms with Crippen molar-refractivity contribution >= 4 is 34.0 Å². The zero-order valence-electron chi connectivity index (χ0n) is 9.68. The number of rotatable bonds is 2. The van der Waals surface area contributed by atoms with Gasteiger partial charge >= 0.3 is 0 Å². The number of aldehydes is 1. The molecule has 0 bridgehead atoms. The molecule has 0 fully saturated rings. The lowest BCUT2D eigenvalue weighted by molar-refractivity contribution is -0.103. The number of nitrogens with zero attached hydrogens (tertiary/aromatic N) is 1. The van der Waals surface area contributed by atoms with Crippen LogP contribution in [0, 0.1) is 0 Å². The van der Waals surface area contributed by atoms with E-state index in [2.05, 4.69) is 41.8 Å². The molecule has 0 saturated heterocycles. The fourth-order valence-corrected chi connectivity index (χ4v) is 2.62. The van der Waals surface area contributed by atoms with E-state index >= 15 is 0 Å². The Morgan fingerprint density at radius 2 is 1.94 bits per heavy atom. The summed E-state index contributed by atoms with van der Waals surface area (Å²) in [4.78, 5) is 10.8.